The molecule has 0 bridgehead atoms. The van der Waals surface area contributed by atoms with Crippen molar-refractivity contribution in [2.75, 3.05) is 0 Å². The van der Waals surface area contributed by atoms with Crippen molar-refractivity contribution in [3.63, 3.8) is 0 Å². The minimum atomic E-state index is -4.57. The van der Waals surface area contributed by atoms with Gasteiger partial charge < -0.3 is 15.3 Å². The van der Waals surface area contributed by atoms with Crippen LogP contribution in [0.15, 0.2) is 59.6 Å². The lowest BCUT2D eigenvalue weighted by atomic mass is 10.1. The molecular weight excluding hydrogens is 485 g/mol. The summed E-state index contributed by atoms with van der Waals surface area (Å²) in [4.78, 5) is 15.1. The van der Waals surface area contributed by atoms with Gasteiger partial charge in [0.25, 0.3) is 0 Å². The Labute approximate surface area is 211 Å². The fraction of sp³-hybridized carbons (Fsp3) is 0.214. The molecule has 0 saturated heterocycles. The number of carboxylic acids is 1. The van der Waals surface area contributed by atoms with Gasteiger partial charge in [-0.25, -0.2) is 0 Å². The van der Waals surface area contributed by atoms with Crippen molar-refractivity contribution < 1.29 is 33.3 Å². The molecule has 0 fully saturated rings. The first-order valence-electron chi connectivity index (χ1n) is 11.6. The normalized spacial score (nSPS) is 12.0. The number of hydrogen-bond acceptors (Lipinski definition) is 4. The molecule has 3 N–H and O–H groups in total. The van der Waals surface area contributed by atoms with Crippen LogP contribution in [0.5, 0.6) is 11.6 Å². The summed E-state index contributed by atoms with van der Waals surface area (Å²) >= 11 is 0. The van der Waals surface area contributed by atoms with E-state index in [-0.39, 0.29) is 34.8 Å². The number of carbonyl (C=O) groups is 1. The van der Waals surface area contributed by atoms with E-state index in [0.29, 0.717) is 29.5 Å². The molecule has 0 unspecified atom stereocenters. The van der Waals surface area contributed by atoms with Crippen molar-refractivity contribution in [1.29, 1.82) is 0 Å². The van der Waals surface area contributed by atoms with Crippen molar-refractivity contribution in [3.8, 4) is 17.3 Å². The number of para-hydroxylation sites is 1. The molecule has 1 aromatic heterocycles. The maximum absolute atomic E-state index is 13.5. The van der Waals surface area contributed by atoms with Crippen molar-refractivity contribution >= 4 is 28.8 Å². The number of aromatic nitrogens is 1. The summed E-state index contributed by atoms with van der Waals surface area (Å²) < 4.78 is 41.8. The Kier molecular flexibility index (Phi) is 6.98. The van der Waals surface area contributed by atoms with Crippen molar-refractivity contribution in [2.24, 2.45) is 4.99 Å². The summed E-state index contributed by atoms with van der Waals surface area (Å²) in [7, 11) is 0. The molecule has 0 aliphatic rings. The molecule has 0 saturated carbocycles. The zero-order valence-electron chi connectivity index (χ0n) is 20.2. The number of alkyl halides is 3. The van der Waals surface area contributed by atoms with Crippen LogP contribution in [0.25, 0.3) is 16.6 Å². The van der Waals surface area contributed by atoms with Crippen LogP contribution in [-0.4, -0.2) is 32.1 Å². The standard InChI is InChI=1S/C28H25F3N2O4/c1-16-9-11-20(13-17(16)2)33-24-14-19(28(29,30)31)10-12-21(24)22(27(33)37)15-32-23-7-3-5-18(26(23)36)6-4-8-25(34)35/h3,5,7,9-15,36-37H,4,6,8H2,1-2H3,(H,34,35). The molecule has 0 radical (unpaired) electrons. The van der Waals surface area contributed by atoms with Crippen LogP contribution >= 0.6 is 0 Å². The predicted molar refractivity (Wildman–Crippen MR) is 135 cm³/mol. The van der Waals surface area contributed by atoms with E-state index in [2.05, 4.69) is 4.99 Å². The molecular formula is C28H25F3N2O4. The van der Waals surface area contributed by atoms with Crippen LogP contribution in [0.3, 0.4) is 0 Å². The number of halogens is 3. The van der Waals surface area contributed by atoms with Gasteiger partial charge in [0.05, 0.1) is 16.6 Å². The molecule has 0 aliphatic heterocycles. The fourth-order valence-electron chi connectivity index (χ4n) is 4.18. The number of benzene rings is 3. The lowest BCUT2D eigenvalue weighted by Crippen LogP contribution is -2.05. The van der Waals surface area contributed by atoms with E-state index in [0.717, 1.165) is 23.3 Å². The summed E-state index contributed by atoms with van der Waals surface area (Å²) in [5.74, 6) is -1.35. The number of fused-ring (bicyclic) bond motifs is 1. The second-order valence-corrected chi connectivity index (χ2v) is 8.86. The quantitative estimate of drug-likeness (QED) is 0.237. The van der Waals surface area contributed by atoms with E-state index >= 15 is 0 Å². The third kappa shape index (κ3) is 5.30. The number of nitrogens with zero attached hydrogens (tertiary/aromatic N) is 2. The monoisotopic (exact) mass is 510 g/mol. The minimum Gasteiger partial charge on any atom is -0.505 e. The first-order chi connectivity index (χ1) is 17.5. The highest BCUT2D eigenvalue weighted by atomic mass is 19.4. The van der Waals surface area contributed by atoms with Crippen LogP contribution in [0.2, 0.25) is 0 Å². The SMILES string of the molecule is Cc1ccc(-n2c(O)c(C=Nc3cccc(CCCC(=O)O)c3O)c3ccc(C(F)(F)F)cc32)cc1C. The number of aliphatic carboxylic acids is 1. The third-order valence-electron chi connectivity index (χ3n) is 6.33. The maximum Gasteiger partial charge on any atom is 0.416 e. The number of aromatic hydroxyl groups is 2. The average Bonchev–Trinajstić information content (AvgIpc) is 3.11. The summed E-state index contributed by atoms with van der Waals surface area (Å²) in [6, 6.07) is 13.4. The Morgan fingerprint density at radius 2 is 1.78 bits per heavy atom. The number of aliphatic imine (C=N–C) groups is 1. The van der Waals surface area contributed by atoms with E-state index < -0.39 is 17.7 Å². The van der Waals surface area contributed by atoms with Crippen LogP contribution in [0.1, 0.15) is 40.7 Å². The third-order valence-corrected chi connectivity index (χ3v) is 6.33. The highest BCUT2D eigenvalue weighted by Crippen LogP contribution is 2.39. The summed E-state index contributed by atoms with van der Waals surface area (Å²) in [6.07, 6.45) is -2.64. The Bertz CT molecular complexity index is 1520. The molecule has 1 heterocycles. The highest BCUT2D eigenvalue weighted by Gasteiger charge is 2.31. The zero-order chi connectivity index (χ0) is 26.9. The number of phenolic OH excluding ortho intramolecular Hbond substituents is 1. The average molecular weight is 511 g/mol. The lowest BCUT2D eigenvalue weighted by molar-refractivity contribution is -0.138. The second-order valence-electron chi connectivity index (χ2n) is 8.86. The molecule has 37 heavy (non-hydrogen) atoms. The van der Waals surface area contributed by atoms with Crippen molar-refractivity contribution in [1.82, 2.24) is 4.57 Å². The van der Waals surface area contributed by atoms with Gasteiger partial charge in [-0.1, -0.05) is 24.3 Å². The van der Waals surface area contributed by atoms with Crippen molar-refractivity contribution in [2.45, 2.75) is 39.3 Å². The molecule has 4 rings (SSSR count). The van der Waals surface area contributed by atoms with Crippen LogP contribution in [0, 0.1) is 13.8 Å². The maximum atomic E-state index is 13.5. The molecule has 0 spiro atoms. The van der Waals surface area contributed by atoms with Crippen LogP contribution in [-0.2, 0) is 17.4 Å². The largest absolute Gasteiger partial charge is 0.505 e. The number of hydrogen-bond donors (Lipinski definition) is 3. The van der Waals surface area contributed by atoms with E-state index in [1.807, 2.05) is 19.9 Å². The van der Waals surface area contributed by atoms with Gasteiger partial charge >= 0.3 is 12.1 Å². The van der Waals surface area contributed by atoms with Gasteiger partial charge in [-0.2, -0.15) is 13.2 Å². The summed E-state index contributed by atoms with van der Waals surface area (Å²) in [5, 5.41) is 31.0. The van der Waals surface area contributed by atoms with Gasteiger partial charge in [0.15, 0.2) is 0 Å². The molecule has 192 valence electrons. The summed E-state index contributed by atoms with van der Waals surface area (Å²) in [5.41, 5.74) is 2.60. The smallest absolute Gasteiger partial charge is 0.416 e. The molecule has 6 nitrogen and oxygen atoms in total. The van der Waals surface area contributed by atoms with E-state index in [1.165, 1.54) is 16.8 Å². The first kappa shape index (κ1) is 25.8. The van der Waals surface area contributed by atoms with E-state index in [4.69, 9.17) is 5.11 Å². The Morgan fingerprint density at radius 3 is 2.46 bits per heavy atom. The Morgan fingerprint density at radius 1 is 1.03 bits per heavy atom. The van der Waals surface area contributed by atoms with Gasteiger partial charge in [0.1, 0.15) is 11.4 Å². The molecule has 0 amide bonds. The van der Waals surface area contributed by atoms with Gasteiger partial charge in [-0.15, -0.1) is 0 Å². The number of rotatable bonds is 7. The van der Waals surface area contributed by atoms with Gasteiger partial charge in [0.2, 0.25) is 5.88 Å². The number of carboxylic acid groups (broad SMARTS) is 1. The fourth-order valence-corrected chi connectivity index (χ4v) is 4.18. The topological polar surface area (TPSA) is 95.0 Å². The molecule has 0 atom stereocenters. The molecule has 3 aromatic carbocycles. The van der Waals surface area contributed by atoms with Crippen LogP contribution < -0.4 is 0 Å². The molecule has 0 aliphatic carbocycles. The number of phenols is 1. The van der Waals surface area contributed by atoms with E-state index in [1.54, 1.807) is 30.3 Å². The minimum absolute atomic E-state index is 0.0429. The summed E-state index contributed by atoms with van der Waals surface area (Å²) in [6.45, 7) is 3.78. The number of aryl methyl sites for hydroxylation is 3. The van der Waals surface area contributed by atoms with Gasteiger partial charge in [0, 0.05) is 23.7 Å². The molecule has 9 heteroatoms. The molecule has 4 aromatic rings. The predicted octanol–water partition coefficient (Wildman–Crippen LogP) is 6.84. The Hall–Kier alpha value is -4.27. The first-order valence-corrected chi connectivity index (χ1v) is 11.6. The van der Waals surface area contributed by atoms with Crippen LogP contribution in [0.4, 0.5) is 18.9 Å². The van der Waals surface area contributed by atoms with Crippen molar-refractivity contribution in [3.05, 3.63) is 82.4 Å². The highest BCUT2D eigenvalue weighted by molar-refractivity contribution is 6.04. The lowest BCUT2D eigenvalue weighted by Gasteiger charge is -2.11. The Balaban J connectivity index is 1.82. The van der Waals surface area contributed by atoms with Gasteiger partial charge in [-0.05, 0) is 73.7 Å². The van der Waals surface area contributed by atoms with Gasteiger partial charge in [-0.3, -0.25) is 14.4 Å². The zero-order valence-corrected chi connectivity index (χ0v) is 20.2. The van der Waals surface area contributed by atoms with E-state index in [9.17, 15) is 28.2 Å². The second kappa shape index (κ2) is 10.0.